The highest BCUT2D eigenvalue weighted by atomic mass is 35.5. The van der Waals surface area contributed by atoms with Gasteiger partial charge in [-0.1, -0.05) is 23.2 Å². The number of rotatable bonds is 4. The number of aryl methyl sites for hydroxylation is 2. The number of anilines is 1. The molecule has 0 radical (unpaired) electrons. The standard InChI is InChI=1S/C22H15Cl2N3O4/c1-11-7-19-20(8-12(11)2)31-22(26-19)16-9-13(3-5-18(16)24)25-21(28)15-10-14(27(29)30)4-6-17(15)23/h3-10H,1-2H3,(H,25,28). The molecule has 4 aromatic rings. The number of nitro groups is 1. The molecule has 3 aromatic carbocycles. The van der Waals surface area contributed by atoms with Gasteiger partial charge >= 0.3 is 0 Å². The average molecular weight is 456 g/mol. The van der Waals surface area contributed by atoms with E-state index in [-0.39, 0.29) is 16.3 Å². The number of fused-ring (bicyclic) bond motifs is 1. The maximum absolute atomic E-state index is 12.7. The lowest BCUT2D eigenvalue weighted by Crippen LogP contribution is -2.13. The second kappa shape index (κ2) is 8.02. The highest BCUT2D eigenvalue weighted by Crippen LogP contribution is 2.33. The quantitative estimate of drug-likeness (QED) is 0.276. The number of benzene rings is 3. The minimum absolute atomic E-state index is 0.0137. The second-order valence-electron chi connectivity index (χ2n) is 6.99. The van der Waals surface area contributed by atoms with Gasteiger partial charge in [-0.15, -0.1) is 0 Å². The van der Waals surface area contributed by atoms with Crippen LogP contribution in [0.3, 0.4) is 0 Å². The van der Waals surface area contributed by atoms with Gasteiger partial charge in [-0.3, -0.25) is 14.9 Å². The van der Waals surface area contributed by atoms with Crippen molar-refractivity contribution in [2.75, 3.05) is 5.32 Å². The van der Waals surface area contributed by atoms with Crippen LogP contribution in [0.1, 0.15) is 21.5 Å². The molecule has 1 N–H and O–H groups in total. The van der Waals surface area contributed by atoms with Crippen LogP contribution in [0.4, 0.5) is 11.4 Å². The number of hydrogen-bond acceptors (Lipinski definition) is 5. The van der Waals surface area contributed by atoms with Crippen LogP contribution in [-0.2, 0) is 0 Å². The van der Waals surface area contributed by atoms with Gasteiger partial charge < -0.3 is 9.73 Å². The highest BCUT2D eigenvalue weighted by Gasteiger charge is 2.18. The number of nitrogens with one attached hydrogen (secondary N) is 1. The molecule has 4 rings (SSSR count). The molecule has 0 unspecified atom stereocenters. The van der Waals surface area contributed by atoms with Gasteiger partial charge in [0.25, 0.3) is 11.6 Å². The van der Waals surface area contributed by atoms with E-state index in [0.29, 0.717) is 33.3 Å². The van der Waals surface area contributed by atoms with Gasteiger partial charge in [0.05, 0.1) is 26.1 Å². The Hall–Kier alpha value is -3.42. The summed E-state index contributed by atoms with van der Waals surface area (Å²) in [5.74, 6) is -0.278. The number of nitro benzene ring substituents is 1. The fourth-order valence-electron chi connectivity index (χ4n) is 3.06. The Morgan fingerprint density at radius 2 is 1.74 bits per heavy atom. The summed E-state index contributed by atoms with van der Waals surface area (Å²) in [7, 11) is 0. The lowest BCUT2D eigenvalue weighted by molar-refractivity contribution is -0.384. The van der Waals surface area contributed by atoms with Gasteiger partial charge in [-0.25, -0.2) is 4.98 Å². The molecule has 0 atom stereocenters. The lowest BCUT2D eigenvalue weighted by Gasteiger charge is -2.09. The van der Waals surface area contributed by atoms with Crippen molar-refractivity contribution >= 4 is 51.6 Å². The van der Waals surface area contributed by atoms with E-state index in [9.17, 15) is 14.9 Å². The van der Waals surface area contributed by atoms with Gasteiger partial charge in [0.15, 0.2) is 5.58 Å². The van der Waals surface area contributed by atoms with Crippen LogP contribution >= 0.6 is 23.2 Å². The first-order valence-corrected chi connectivity index (χ1v) is 9.91. The van der Waals surface area contributed by atoms with Crippen LogP contribution in [0.5, 0.6) is 0 Å². The Kier molecular flexibility index (Phi) is 5.39. The first-order chi connectivity index (χ1) is 14.7. The SMILES string of the molecule is Cc1cc2nc(-c3cc(NC(=O)c4cc([N+](=O)[O-])ccc4Cl)ccc3Cl)oc2cc1C. The number of oxazole rings is 1. The second-order valence-corrected chi connectivity index (χ2v) is 7.81. The molecule has 0 aliphatic heterocycles. The fourth-order valence-corrected chi connectivity index (χ4v) is 3.46. The molecule has 0 spiro atoms. The molecule has 9 heteroatoms. The van der Waals surface area contributed by atoms with E-state index in [1.165, 1.54) is 12.1 Å². The summed E-state index contributed by atoms with van der Waals surface area (Å²) in [6.07, 6.45) is 0. The summed E-state index contributed by atoms with van der Waals surface area (Å²) in [5, 5.41) is 14.2. The largest absolute Gasteiger partial charge is 0.436 e. The summed E-state index contributed by atoms with van der Waals surface area (Å²) in [6, 6.07) is 12.3. The third kappa shape index (κ3) is 4.10. The van der Waals surface area contributed by atoms with E-state index < -0.39 is 10.8 Å². The third-order valence-electron chi connectivity index (χ3n) is 4.86. The van der Waals surface area contributed by atoms with Gasteiger partial charge in [0.2, 0.25) is 5.89 Å². The molecule has 0 aliphatic rings. The van der Waals surface area contributed by atoms with Gasteiger partial charge in [-0.05, 0) is 61.4 Å². The van der Waals surface area contributed by atoms with Crippen LogP contribution < -0.4 is 5.32 Å². The van der Waals surface area contributed by atoms with Crippen LogP contribution in [-0.4, -0.2) is 15.8 Å². The average Bonchev–Trinajstić information content (AvgIpc) is 3.12. The van der Waals surface area contributed by atoms with Crippen molar-refractivity contribution in [2.45, 2.75) is 13.8 Å². The molecule has 0 bridgehead atoms. The van der Waals surface area contributed by atoms with E-state index in [2.05, 4.69) is 10.3 Å². The number of carbonyl (C=O) groups is 1. The molecule has 0 fully saturated rings. The predicted octanol–water partition coefficient (Wildman–Crippen LogP) is 6.58. The van der Waals surface area contributed by atoms with Crippen molar-refractivity contribution in [3.05, 3.63) is 85.4 Å². The third-order valence-corrected chi connectivity index (χ3v) is 5.52. The number of non-ortho nitro benzene ring substituents is 1. The van der Waals surface area contributed by atoms with Crippen molar-refractivity contribution in [3.8, 4) is 11.5 Å². The van der Waals surface area contributed by atoms with Crippen LogP contribution in [0, 0.1) is 24.0 Å². The maximum atomic E-state index is 12.7. The zero-order chi connectivity index (χ0) is 22.3. The molecule has 0 saturated heterocycles. The monoisotopic (exact) mass is 455 g/mol. The maximum Gasteiger partial charge on any atom is 0.270 e. The van der Waals surface area contributed by atoms with E-state index in [1.54, 1.807) is 18.2 Å². The highest BCUT2D eigenvalue weighted by molar-refractivity contribution is 6.35. The number of halogens is 2. The molecule has 156 valence electrons. The van der Waals surface area contributed by atoms with Crippen molar-refractivity contribution in [1.29, 1.82) is 0 Å². The predicted molar refractivity (Wildman–Crippen MR) is 120 cm³/mol. The minimum atomic E-state index is -0.593. The normalized spacial score (nSPS) is 11.0. The topological polar surface area (TPSA) is 98.3 Å². The van der Waals surface area contributed by atoms with Crippen LogP contribution in [0.15, 0.2) is 52.9 Å². The summed E-state index contributed by atoms with van der Waals surface area (Å²) < 4.78 is 5.87. The summed E-state index contributed by atoms with van der Waals surface area (Å²) in [6.45, 7) is 3.98. The number of hydrogen-bond donors (Lipinski definition) is 1. The first-order valence-electron chi connectivity index (χ1n) is 9.16. The number of amides is 1. The van der Waals surface area contributed by atoms with E-state index in [1.807, 2.05) is 26.0 Å². The first kappa shape index (κ1) is 20.8. The Bertz CT molecular complexity index is 1330. The fraction of sp³-hybridized carbons (Fsp3) is 0.0909. The van der Waals surface area contributed by atoms with Crippen molar-refractivity contribution in [2.24, 2.45) is 0 Å². The zero-order valence-corrected chi connectivity index (χ0v) is 17.9. The molecule has 7 nitrogen and oxygen atoms in total. The van der Waals surface area contributed by atoms with Gasteiger partial charge in [-0.2, -0.15) is 0 Å². The van der Waals surface area contributed by atoms with Crippen molar-refractivity contribution in [3.63, 3.8) is 0 Å². The van der Waals surface area contributed by atoms with Crippen molar-refractivity contribution in [1.82, 2.24) is 4.98 Å². The van der Waals surface area contributed by atoms with Crippen LogP contribution in [0.2, 0.25) is 10.0 Å². The van der Waals surface area contributed by atoms with Gasteiger partial charge in [0.1, 0.15) is 5.52 Å². The van der Waals surface area contributed by atoms with E-state index in [0.717, 1.165) is 17.2 Å². The summed E-state index contributed by atoms with van der Waals surface area (Å²) in [5.41, 5.74) is 4.16. The smallest absolute Gasteiger partial charge is 0.270 e. The Morgan fingerprint density at radius 1 is 1.03 bits per heavy atom. The van der Waals surface area contributed by atoms with E-state index >= 15 is 0 Å². The Labute approximate surface area is 186 Å². The minimum Gasteiger partial charge on any atom is -0.436 e. The Balaban J connectivity index is 1.68. The molecule has 1 amide bonds. The molecule has 0 aliphatic carbocycles. The van der Waals surface area contributed by atoms with Gasteiger partial charge in [0, 0.05) is 17.8 Å². The summed E-state index contributed by atoms with van der Waals surface area (Å²) in [4.78, 5) is 27.6. The summed E-state index contributed by atoms with van der Waals surface area (Å²) >= 11 is 12.4. The number of carbonyl (C=O) groups excluding carboxylic acids is 1. The number of aromatic nitrogens is 1. The number of nitrogens with zero attached hydrogens (tertiary/aromatic N) is 2. The van der Waals surface area contributed by atoms with E-state index in [4.69, 9.17) is 27.6 Å². The van der Waals surface area contributed by atoms with Crippen LogP contribution in [0.25, 0.3) is 22.6 Å². The molecule has 0 saturated carbocycles. The zero-order valence-electron chi connectivity index (χ0n) is 16.4. The molecular formula is C22H15Cl2N3O4. The molecule has 31 heavy (non-hydrogen) atoms. The Morgan fingerprint density at radius 3 is 2.48 bits per heavy atom. The molecule has 1 aromatic heterocycles. The molecule has 1 heterocycles. The lowest BCUT2D eigenvalue weighted by atomic mass is 10.1. The van der Waals surface area contributed by atoms with Crippen molar-refractivity contribution < 1.29 is 14.1 Å². The molecular weight excluding hydrogens is 441 g/mol.